The number of halogens is 2. The lowest BCUT2D eigenvalue weighted by Gasteiger charge is -2.24. The van der Waals surface area contributed by atoms with Crippen molar-refractivity contribution >= 4 is 38.5 Å². The first-order chi connectivity index (χ1) is 7.60. The van der Waals surface area contributed by atoms with Crippen molar-refractivity contribution in [1.29, 1.82) is 0 Å². The Kier molecular flexibility index (Phi) is 6.25. The Hall–Kier alpha value is 0.350. The van der Waals surface area contributed by atoms with E-state index in [1.54, 1.807) is 0 Å². The molecule has 0 bridgehead atoms. The van der Waals surface area contributed by atoms with Crippen LogP contribution in [0.4, 0.5) is 0 Å². The van der Waals surface area contributed by atoms with Gasteiger partial charge in [-0.2, -0.15) is 0 Å². The highest BCUT2D eigenvalue weighted by atomic mass is 127. The molecule has 0 saturated heterocycles. The highest BCUT2D eigenvalue weighted by Gasteiger charge is 2.19. The fourth-order valence-corrected chi connectivity index (χ4v) is 2.94. The van der Waals surface area contributed by atoms with Crippen molar-refractivity contribution in [2.75, 3.05) is 0 Å². The first-order valence-corrected chi connectivity index (χ1v) is 7.38. The Morgan fingerprint density at radius 1 is 1.50 bits per heavy atom. The molecule has 3 N–H and O–H groups in total. The summed E-state index contributed by atoms with van der Waals surface area (Å²) in [5.41, 5.74) is 4.18. The number of hydrazine groups is 1. The van der Waals surface area contributed by atoms with E-state index < -0.39 is 0 Å². The van der Waals surface area contributed by atoms with Gasteiger partial charge in [-0.25, -0.2) is 0 Å². The zero-order valence-electron chi connectivity index (χ0n) is 9.63. The maximum absolute atomic E-state index is 5.68. The topological polar surface area (TPSA) is 38.0 Å². The van der Waals surface area contributed by atoms with E-state index in [2.05, 4.69) is 76.0 Å². The third-order valence-electron chi connectivity index (χ3n) is 2.79. The van der Waals surface area contributed by atoms with Gasteiger partial charge in [0.05, 0.1) is 0 Å². The molecule has 4 heteroatoms. The molecule has 0 radical (unpaired) electrons. The molecule has 16 heavy (non-hydrogen) atoms. The SMILES string of the molecule is CCCC(C)C(NN)c1cc(I)ccc1Br. The van der Waals surface area contributed by atoms with Gasteiger partial charge in [0, 0.05) is 14.1 Å². The predicted octanol–water partition coefficient (Wildman–Crippen LogP) is 3.99. The van der Waals surface area contributed by atoms with E-state index in [4.69, 9.17) is 5.84 Å². The third kappa shape index (κ3) is 3.68. The summed E-state index contributed by atoms with van der Waals surface area (Å²) >= 11 is 5.92. The van der Waals surface area contributed by atoms with Gasteiger partial charge in [-0.15, -0.1) is 0 Å². The monoisotopic (exact) mass is 396 g/mol. The molecule has 0 saturated carbocycles. The quantitative estimate of drug-likeness (QED) is 0.448. The molecule has 0 heterocycles. The molecule has 0 aliphatic carbocycles. The average molecular weight is 397 g/mol. The van der Waals surface area contributed by atoms with Gasteiger partial charge in [0.15, 0.2) is 0 Å². The number of benzene rings is 1. The summed E-state index contributed by atoms with van der Waals surface area (Å²) in [6.07, 6.45) is 2.35. The van der Waals surface area contributed by atoms with E-state index in [-0.39, 0.29) is 6.04 Å². The van der Waals surface area contributed by atoms with Gasteiger partial charge in [-0.05, 0) is 58.7 Å². The Morgan fingerprint density at radius 3 is 2.75 bits per heavy atom. The van der Waals surface area contributed by atoms with Crippen molar-refractivity contribution in [2.24, 2.45) is 11.8 Å². The normalized spacial score (nSPS) is 14.8. The molecule has 2 nitrogen and oxygen atoms in total. The summed E-state index contributed by atoms with van der Waals surface area (Å²) in [5.74, 6) is 6.21. The largest absolute Gasteiger partial charge is 0.271 e. The van der Waals surface area contributed by atoms with E-state index in [1.807, 2.05) is 0 Å². The number of rotatable bonds is 5. The fraction of sp³-hybridized carbons (Fsp3) is 0.500. The van der Waals surface area contributed by atoms with Crippen LogP contribution in [0.2, 0.25) is 0 Å². The molecule has 1 aromatic rings. The van der Waals surface area contributed by atoms with E-state index >= 15 is 0 Å². The highest BCUT2D eigenvalue weighted by molar-refractivity contribution is 14.1. The van der Waals surface area contributed by atoms with Crippen LogP contribution in [-0.2, 0) is 0 Å². The van der Waals surface area contributed by atoms with Gasteiger partial charge in [-0.1, -0.05) is 36.2 Å². The van der Waals surface area contributed by atoms with Crippen LogP contribution in [0.15, 0.2) is 22.7 Å². The standard InChI is InChI=1S/C12H18BrIN2/c1-3-4-8(2)12(16-15)10-7-9(14)5-6-11(10)13/h5-8,12,16H,3-4,15H2,1-2H3. The number of nitrogens with two attached hydrogens (primary N) is 1. The van der Waals surface area contributed by atoms with Crippen LogP contribution in [0.25, 0.3) is 0 Å². The molecule has 0 spiro atoms. The summed E-state index contributed by atoms with van der Waals surface area (Å²) in [5, 5.41) is 0. The van der Waals surface area contributed by atoms with Gasteiger partial charge in [-0.3, -0.25) is 11.3 Å². The van der Waals surface area contributed by atoms with E-state index in [0.29, 0.717) is 5.92 Å². The minimum absolute atomic E-state index is 0.212. The van der Waals surface area contributed by atoms with Crippen molar-refractivity contribution in [3.8, 4) is 0 Å². The molecule has 90 valence electrons. The molecule has 2 unspecified atom stereocenters. The van der Waals surface area contributed by atoms with Crippen molar-refractivity contribution in [3.05, 3.63) is 31.8 Å². The van der Waals surface area contributed by atoms with Gasteiger partial charge in [0.2, 0.25) is 0 Å². The van der Waals surface area contributed by atoms with Crippen LogP contribution in [0.5, 0.6) is 0 Å². The third-order valence-corrected chi connectivity index (χ3v) is 4.18. The molecule has 0 amide bonds. The molecule has 0 fully saturated rings. The predicted molar refractivity (Wildman–Crippen MR) is 81.0 cm³/mol. The summed E-state index contributed by atoms with van der Waals surface area (Å²) in [7, 11) is 0. The Labute approximate surface area is 120 Å². The van der Waals surface area contributed by atoms with E-state index in [9.17, 15) is 0 Å². The molecular formula is C12H18BrIN2. The second-order valence-electron chi connectivity index (χ2n) is 4.08. The lowest BCUT2D eigenvalue weighted by molar-refractivity contribution is 0.367. The van der Waals surface area contributed by atoms with Crippen LogP contribution in [0, 0.1) is 9.49 Å². The molecule has 0 aliphatic rings. The fourth-order valence-electron chi connectivity index (χ4n) is 1.94. The maximum atomic E-state index is 5.68. The zero-order chi connectivity index (χ0) is 12.1. The number of hydrogen-bond acceptors (Lipinski definition) is 2. The van der Waals surface area contributed by atoms with E-state index in [0.717, 1.165) is 4.47 Å². The van der Waals surface area contributed by atoms with E-state index in [1.165, 1.54) is 22.0 Å². The molecule has 1 rings (SSSR count). The average Bonchev–Trinajstić information content (AvgIpc) is 2.24. The van der Waals surface area contributed by atoms with Crippen molar-refractivity contribution in [2.45, 2.75) is 32.7 Å². The van der Waals surface area contributed by atoms with Crippen molar-refractivity contribution < 1.29 is 0 Å². The van der Waals surface area contributed by atoms with Crippen molar-refractivity contribution in [1.82, 2.24) is 5.43 Å². The maximum Gasteiger partial charge on any atom is 0.0497 e. The second-order valence-corrected chi connectivity index (χ2v) is 6.18. The minimum atomic E-state index is 0.212. The first-order valence-electron chi connectivity index (χ1n) is 5.51. The first kappa shape index (κ1) is 14.4. The summed E-state index contributed by atoms with van der Waals surface area (Å²) in [6, 6.07) is 6.57. The van der Waals surface area contributed by atoms with Crippen LogP contribution in [0.1, 0.15) is 38.3 Å². The smallest absolute Gasteiger partial charge is 0.0497 e. The lowest BCUT2D eigenvalue weighted by atomic mass is 9.91. The Bertz CT molecular complexity index is 344. The zero-order valence-corrected chi connectivity index (χ0v) is 13.4. The van der Waals surface area contributed by atoms with Gasteiger partial charge >= 0.3 is 0 Å². The lowest BCUT2D eigenvalue weighted by Crippen LogP contribution is -2.32. The summed E-state index contributed by atoms with van der Waals surface area (Å²) in [4.78, 5) is 0. The van der Waals surface area contributed by atoms with Crippen LogP contribution in [-0.4, -0.2) is 0 Å². The van der Waals surface area contributed by atoms with Crippen molar-refractivity contribution in [3.63, 3.8) is 0 Å². The second kappa shape index (κ2) is 6.93. The molecule has 0 aromatic heterocycles. The molecular weight excluding hydrogens is 379 g/mol. The number of hydrogen-bond donors (Lipinski definition) is 2. The van der Waals surface area contributed by atoms with Crippen LogP contribution < -0.4 is 11.3 Å². The number of nitrogens with one attached hydrogen (secondary N) is 1. The van der Waals surface area contributed by atoms with Crippen LogP contribution in [0.3, 0.4) is 0 Å². The minimum Gasteiger partial charge on any atom is -0.271 e. The molecule has 2 atom stereocenters. The summed E-state index contributed by atoms with van der Waals surface area (Å²) < 4.78 is 2.36. The van der Waals surface area contributed by atoms with Gasteiger partial charge in [0.1, 0.15) is 0 Å². The molecule has 0 aliphatic heterocycles. The summed E-state index contributed by atoms with van der Waals surface area (Å²) in [6.45, 7) is 4.44. The molecule has 1 aromatic carbocycles. The highest BCUT2D eigenvalue weighted by Crippen LogP contribution is 2.31. The Balaban J connectivity index is 2.98. The van der Waals surface area contributed by atoms with Gasteiger partial charge in [0.25, 0.3) is 0 Å². The Morgan fingerprint density at radius 2 is 2.19 bits per heavy atom. The van der Waals surface area contributed by atoms with Crippen LogP contribution >= 0.6 is 38.5 Å². The van der Waals surface area contributed by atoms with Gasteiger partial charge < -0.3 is 0 Å².